The summed E-state index contributed by atoms with van der Waals surface area (Å²) in [5.74, 6) is -0.332. The summed E-state index contributed by atoms with van der Waals surface area (Å²) in [4.78, 5) is 30.6. The first-order valence-electron chi connectivity index (χ1n) is 10.4. The largest absolute Gasteiger partial charge is 0.497 e. The molecule has 0 atom stereocenters. The van der Waals surface area contributed by atoms with Gasteiger partial charge in [0, 0.05) is 29.7 Å². The molecule has 2 N–H and O–H groups in total. The van der Waals surface area contributed by atoms with Crippen LogP contribution < -0.4 is 15.4 Å². The SMILES string of the molecule is COc1cccc(N(C(=O)Cn2c(SCC(N)=O)nnc2-c2ccncc2)c2ccc(F)cc2)c1. The van der Waals surface area contributed by atoms with Crippen molar-refractivity contribution in [2.75, 3.05) is 17.8 Å². The van der Waals surface area contributed by atoms with Gasteiger partial charge in [0.25, 0.3) is 5.91 Å². The maximum Gasteiger partial charge on any atom is 0.251 e. The molecule has 4 aromatic rings. The van der Waals surface area contributed by atoms with Gasteiger partial charge in [-0.05, 0) is 48.5 Å². The van der Waals surface area contributed by atoms with Crippen molar-refractivity contribution in [2.45, 2.75) is 11.7 Å². The molecule has 35 heavy (non-hydrogen) atoms. The lowest BCUT2D eigenvalue weighted by atomic mass is 10.2. The Kier molecular flexibility index (Phi) is 7.36. The van der Waals surface area contributed by atoms with Crippen LogP contribution in [-0.2, 0) is 16.1 Å². The highest BCUT2D eigenvalue weighted by atomic mass is 32.2. The number of hydrogen-bond donors (Lipinski definition) is 1. The van der Waals surface area contributed by atoms with Gasteiger partial charge in [0.05, 0.1) is 18.6 Å². The van der Waals surface area contributed by atoms with E-state index in [-0.39, 0.29) is 18.2 Å². The molecule has 0 saturated carbocycles. The number of methoxy groups -OCH3 is 1. The first-order chi connectivity index (χ1) is 17.0. The fourth-order valence-electron chi connectivity index (χ4n) is 3.37. The number of amides is 2. The number of benzene rings is 2. The van der Waals surface area contributed by atoms with Crippen molar-refractivity contribution in [1.82, 2.24) is 19.7 Å². The summed E-state index contributed by atoms with van der Waals surface area (Å²) >= 11 is 1.08. The molecule has 0 aliphatic carbocycles. The third-order valence-corrected chi connectivity index (χ3v) is 5.93. The number of primary amides is 1. The second kappa shape index (κ2) is 10.8. The summed E-state index contributed by atoms with van der Waals surface area (Å²) in [6.45, 7) is -0.166. The normalized spacial score (nSPS) is 10.7. The predicted octanol–water partition coefficient (Wildman–Crippen LogP) is 3.43. The molecule has 2 amide bonds. The van der Waals surface area contributed by atoms with Gasteiger partial charge in [-0.15, -0.1) is 10.2 Å². The maximum atomic E-state index is 13.8. The van der Waals surface area contributed by atoms with Gasteiger partial charge in [0.15, 0.2) is 11.0 Å². The maximum absolute atomic E-state index is 13.8. The fourth-order valence-corrected chi connectivity index (χ4v) is 4.05. The number of hydrogen-bond acceptors (Lipinski definition) is 7. The Morgan fingerprint density at radius 2 is 1.80 bits per heavy atom. The molecule has 178 valence electrons. The molecule has 0 aliphatic rings. The molecule has 4 rings (SSSR count). The van der Waals surface area contributed by atoms with Crippen LogP contribution >= 0.6 is 11.8 Å². The molecule has 0 bridgehead atoms. The van der Waals surface area contributed by atoms with Crippen LogP contribution in [0.2, 0.25) is 0 Å². The minimum atomic E-state index is -0.523. The zero-order valence-electron chi connectivity index (χ0n) is 18.7. The van der Waals surface area contributed by atoms with Crippen molar-refractivity contribution in [3.63, 3.8) is 0 Å². The van der Waals surface area contributed by atoms with Crippen LogP contribution in [0, 0.1) is 5.82 Å². The molecule has 2 aromatic carbocycles. The Labute approximate surface area is 204 Å². The van der Waals surface area contributed by atoms with Crippen molar-refractivity contribution in [1.29, 1.82) is 0 Å². The van der Waals surface area contributed by atoms with E-state index in [9.17, 15) is 14.0 Å². The van der Waals surface area contributed by atoms with E-state index in [4.69, 9.17) is 10.5 Å². The highest BCUT2D eigenvalue weighted by Gasteiger charge is 2.24. The average molecular weight is 493 g/mol. The molecule has 0 fully saturated rings. The number of thioether (sulfide) groups is 1. The third-order valence-electron chi connectivity index (χ3n) is 4.94. The van der Waals surface area contributed by atoms with Crippen LogP contribution in [0.25, 0.3) is 11.4 Å². The van der Waals surface area contributed by atoms with E-state index in [1.54, 1.807) is 53.4 Å². The molecule has 9 nitrogen and oxygen atoms in total. The van der Waals surface area contributed by atoms with Crippen molar-refractivity contribution < 1.29 is 18.7 Å². The summed E-state index contributed by atoms with van der Waals surface area (Å²) in [6.07, 6.45) is 3.21. The number of pyridine rings is 1. The Morgan fingerprint density at radius 1 is 1.06 bits per heavy atom. The quantitative estimate of drug-likeness (QED) is 0.356. The van der Waals surface area contributed by atoms with Crippen molar-refractivity contribution >= 4 is 35.0 Å². The number of ether oxygens (including phenoxy) is 1. The van der Waals surface area contributed by atoms with E-state index in [0.29, 0.717) is 33.7 Å². The summed E-state index contributed by atoms with van der Waals surface area (Å²) in [5, 5.41) is 8.76. The van der Waals surface area contributed by atoms with Crippen LogP contribution in [0.15, 0.2) is 78.2 Å². The van der Waals surface area contributed by atoms with Crippen LogP contribution in [0.4, 0.5) is 15.8 Å². The van der Waals surface area contributed by atoms with Gasteiger partial charge in [-0.25, -0.2) is 4.39 Å². The standard InChI is InChI=1S/C24H21FN6O3S/c1-34-20-4-2-3-19(13-20)31(18-7-5-17(25)6-8-18)22(33)14-30-23(16-9-11-27-12-10-16)28-29-24(30)35-15-21(26)32/h2-13H,14-15H2,1H3,(H2,26,32). The first-order valence-corrected chi connectivity index (χ1v) is 11.4. The van der Waals surface area contributed by atoms with E-state index in [0.717, 1.165) is 11.8 Å². The number of rotatable bonds is 9. The Bertz CT molecular complexity index is 1330. The zero-order chi connectivity index (χ0) is 24.8. The van der Waals surface area contributed by atoms with Crippen LogP contribution in [0.1, 0.15) is 0 Å². The number of halogens is 1. The summed E-state index contributed by atoms with van der Waals surface area (Å²) in [5.41, 5.74) is 7.00. The number of carbonyl (C=O) groups excluding carboxylic acids is 2. The number of nitrogens with two attached hydrogens (primary N) is 1. The molecule has 2 heterocycles. The number of anilines is 2. The summed E-state index contributed by atoms with van der Waals surface area (Å²) < 4.78 is 20.6. The Hall–Kier alpha value is -4.25. The van der Waals surface area contributed by atoms with Gasteiger partial charge >= 0.3 is 0 Å². The highest BCUT2D eigenvalue weighted by Crippen LogP contribution is 2.30. The van der Waals surface area contributed by atoms with Gasteiger partial charge in [-0.2, -0.15) is 0 Å². The average Bonchev–Trinajstić information content (AvgIpc) is 3.27. The highest BCUT2D eigenvalue weighted by molar-refractivity contribution is 7.99. The lowest BCUT2D eigenvalue weighted by Crippen LogP contribution is -2.30. The van der Waals surface area contributed by atoms with Gasteiger partial charge < -0.3 is 10.5 Å². The number of nitrogens with zero attached hydrogens (tertiary/aromatic N) is 5. The van der Waals surface area contributed by atoms with Gasteiger partial charge in [-0.3, -0.25) is 24.0 Å². The third kappa shape index (κ3) is 5.64. The van der Waals surface area contributed by atoms with Gasteiger partial charge in [-0.1, -0.05) is 17.8 Å². The van der Waals surface area contributed by atoms with Crippen LogP contribution in [0.3, 0.4) is 0 Å². The first kappa shape index (κ1) is 23.9. The number of aromatic nitrogens is 4. The molecule has 0 radical (unpaired) electrons. The zero-order valence-corrected chi connectivity index (χ0v) is 19.5. The molecule has 11 heteroatoms. The van der Waals surface area contributed by atoms with Gasteiger partial charge in [0.1, 0.15) is 18.1 Å². The van der Waals surface area contributed by atoms with Crippen LogP contribution in [-0.4, -0.2) is 44.4 Å². The minimum absolute atomic E-state index is 0.0276. The fraction of sp³-hybridized carbons (Fsp3) is 0.125. The smallest absolute Gasteiger partial charge is 0.251 e. The second-order valence-electron chi connectivity index (χ2n) is 7.29. The Balaban J connectivity index is 1.76. The summed E-state index contributed by atoms with van der Waals surface area (Å²) in [6, 6.07) is 16.1. The van der Waals surface area contributed by atoms with Gasteiger partial charge in [0.2, 0.25) is 5.91 Å². The molecule has 0 spiro atoms. The van der Waals surface area contributed by atoms with Crippen molar-refractivity contribution in [3.8, 4) is 17.1 Å². The minimum Gasteiger partial charge on any atom is -0.497 e. The summed E-state index contributed by atoms with van der Waals surface area (Å²) in [7, 11) is 1.53. The molecule has 2 aromatic heterocycles. The lowest BCUT2D eigenvalue weighted by Gasteiger charge is -2.24. The molecular weight excluding hydrogens is 471 g/mol. The monoisotopic (exact) mass is 492 g/mol. The molecule has 0 unspecified atom stereocenters. The molecule has 0 aliphatic heterocycles. The molecule has 0 saturated heterocycles. The van der Waals surface area contributed by atoms with Crippen molar-refractivity contribution in [3.05, 3.63) is 78.9 Å². The van der Waals surface area contributed by atoms with E-state index in [1.807, 2.05) is 0 Å². The predicted molar refractivity (Wildman–Crippen MR) is 130 cm³/mol. The lowest BCUT2D eigenvalue weighted by molar-refractivity contribution is -0.118. The number of carbonyl (C=O) groups is 2. The van der Waals surface area contributed by atoms with E-state index >= 15 is 0 Å². The van der Waals surface area contributed by atoms with E-state index < -0.39 is 11.7 Å². The van der Waals surface area contributed by atoms with Crippen molar-refractivity contribution in [2.24, 2.45) is 5.73 Å². The Morgan fingerprint density at radius 3 is 2.49 bits per heavy atom. The van der Waals surface area contributed by atoms with E-state index in [2.05, 4.69) is 15.2 Å². The van der Waals surface area contributed by atoms with Crippen LogP contribution in [0.5, 0.6) is 5.75 Å². The van der Waals surface area contributed by atoms with E-state index in [1.165, 1.54) is 36.3 Å². The molecular formula is C24H21FN6O3S. The second-order valence-corrected chi connectivity index (χ2v) is 8.23. The topological polar surface area (TPSA) is 116 Å².